The van der Waals surface area contributed by atoms with Gasteiger partial charge in [-0.25, -0.2) is 0 Å². The van der Waals surface area contributed by atoms with Gasteiger partial charge >= 0.3 is 0 Å². The van der Waals surface area contributed by atoms with Gasteiger partial charge in [0.2, 0.25) is 5.91 Å². The molecule has 1 unspecified atom stereocenters. The van der Waals surface area contributed by atoms with Crippen LogP contribution in [0.15, 0.2) is 30.3 Å². The van der Waals surface area contributed by atoms with Crippen molar-refractivity contribution in [2.75, 3.05) is 6.61 Å². The molecule has 17 heavy (non-hydrogen) atoms. The molecule has 1 aromatic carbocycles. The summed E-state index contributed by atoms with van der Waals surface area (Å²) in [6.07, 6.45) is 0.936. The van der Waals surface area contributed by atoms with Crippen molar-refractivity contribution >= 4 is 5.91 Å². The zero-order valence-corrected chi connectivity index (χ0v) is 10.3. The molecule has 1 saturated carbocycles. The first-order valence-corrected chi connectivity index (χ1v) is 6.01. The molecule has 1 fully saturated rings. The Bertz CT molecular complexity index is 400. The molecule has 92 valence electrons. The van der Waals surface area contributed by atoms with E-state index in [9.17, 15) is 9.90 Å². The summed E-state index contributed by atoms with van der Waals surface area (Å²) in [7, 11) is 0. The van der Waals surface area contributed by atoms with Crippen molar-refractivity contribution in [2.45, 2.75) is 26.3 Å². The van der Waals surface area contributed by atoms with Crippen molar-refractivity contribution < 1.29 is 9.90 Å². The summed E-state index contributed by atoms with van der Waals surface area (Å²) in [6, 6.07) is 9.28. The van der Waals surface area contributed by atoms with Crippen LogP contribution in [-0.2, 0) is 4.79 Å². The van der Waals surface area contributed by atoms with Crippen LogP contribution in [0.3, 0.4) is 0 Å². The van der Waals surface area contributed by atoms with Crippen molar-refractivity contribution in [3.8, 4) is 0 Å². The van der Waals surface area contributed by atoms with Gasteiger partial charge in [-0.2, -0.15) is 0 Å². The summed E-state index contributed by atoms with van der Waals surface area (Å²) >= 11 is 0. The molecule has 1 aromatic rings. The maximum Gasteiger partial charge on any atom is 0.224 e. The Hall–Kier alpha value is -1.35. The van der Waals surface area contributed by atoms with Gasteiger partial charge in [-0.05, 0) is 17.4 Å². The first-order chi connectivity index (χ1) is 8.04. The summed E-state index contributed by atoms with van der Waals surface area (Å²) in [5, 5.41) is 12.3. The van der Waals surface area contributed by atoms with E-state index < -0.39 is 0 Å². The average Bonchev–Trinajstić information content (AvgIpc) is 2.96. The van der Waals surface area contributed by atoms with Crippen LogP contribution in [0.25, 0.3) is 0 Å². The lowest BCUT2D eigenvalue weighted by molar-refractivity contribution is -0.124. The lowest BCUT2D eigenvalue weighted by Crippen LogP contribution is -2.32. The standard InChI is InChI=1S/C14H19NO2/c1-14(2)8-11(14)13(17)15-12(9-16)10-6-4-3-5-7-10/h3-7,11-12,16H,8-9H2,1-2H3,(H,15,17)/t11?,12-/m1/s1. The van der Waals surface area contributed by atoms with Gasteiger partial charge in [0.05, 0.1) is 12.6 Å². The lowest BCUT2D eigenvalue weighted by atomic mass is 10.1. The van der Waals surface area contributed by atoms with Crippen molar-refractivity contribution in [3.63, 3.8) is 0 Å². The Labute approximate surface area is 102 Å². The zero-order chi connectivity index (χ0) is 12.5. The SMILES string of the molecule is CC1(C)CC1C(=O)N[C@H](CO)c1ccccc1. The minimum absolute atomic E-state index is 0.0536. The summed E-state index contributed by atoms with van der Waals surface area (Å²) in [6.45, 7) is 4.12. The Morgan fingerprint density at radius 3 is 2.53 bits per heavy atom. The molecule has 0 aromatic heterocycles. The highest BCUT2D eigenvalue weighted by molar-refractivity contribution is 5.82. The molecule has 2 N–H and O–H groups in total. The molecule has 1 amide bonds. The van der Waals surface area contributed by atoms with Gasteiger partial charge in [0, 0.05) is 5.92 Å². The highest BCUT2D eigenvalue weighted by atomic mass is 16.3. The molecule has 2 rings (SSSR count). The van der Waals surface area contributed by atoms with Crippen molar-refractivity contribution in [2.24, 2.45) is 11.3 Å². The van der Waals surface area contributed by atoms with Crippen LogP contribution in [0.5, 0.6) is 0 Å². The molecule has 3 heteroatoms. The average molecular weight is 233 g/mol. The first kappa shape index (κ1) is 12.1. The number of rotatable bonds is 4. The summed E-state index contributed by atoms with van der Waals surface area (Å²) in [4.78, 5) is 11.9. The number of benzene rings is 1. The highest BCUT2D eigenvalue weighted by Crippen LogP contribution is 2.51. The van der Waals surface area contributed by atoms with E-state index in [1.54, 1.807) is 0 Å². The van der Waals surface area contributed by atoms with E-state index in [0.717, 1.165) is 12.0 Å². The second-order valence-corrected chi connectivity index (χ2v) is 5.40. The summed E-state index contributed by atoms with van der Waals surface area (Å²) in [5.41, 5.74) is 1.07. The van der Waals surface area contributed by atoms with Crippen LogP contribution in [-0.4, -0.2) is 17.6 Å². The Kier molecular flexibility index (Phi) is 3.20. The third-order valence-electron chi connectivity index (χ3n) is 3.53. The third kappa shape index (κ3) is 2.67. The minimum Gasteiger partial charge on any atom is -0.394 e. The predicted octanol–water partition coefficient (Wildman–Crippen LogP) is 1.88. The molecule has 3 nitrogen and oxygen atoms in total. The van der Waals surface area contributed by atoms with Crippen LogP contribution in [0.2, 0.25) is 0 Å². The fourth-order valence-electron chi connectivity index (χ4n) is 2.11. The predicted molar refractivity (Wildman–Crippen MR) is 66.3 cm³/mol. The second kappa shape index (κ2) is 4.49. The normalized spacial score (nSPS) is 22.9. The monoisotopic (exact) mass is 233 g/mol. The second-order valence-electron chi connectivity index (χ2n) is 5.40. The summed E-state index contributed by atoms with van der Waals surface area (Å²) < 4.78 is 0. The number of aliphatic hydroxyl groups is 1. The topological polar surface area (TPSA) is 49.3 Å². The summed E-state index contributed by atoms with van der Waals surface area (Å²) in [5.74, 6) is 0.151. The quantitative estimate of drug-likeness (QED) is 0.834. The smallest absolute Gasteiger partial charge is 0.224 e. The maximum absolute atomic E-state index is 11.9. The van der Waals surface area contributed by atoms with E-state index in [4.69, 9.17) is 0 Å². The Balaban J connectivity index is 1.99. The van der Waals surface area contributed by atoms with Gasteiger partial charge in [0.25, 0.3) is 0 Å². The zero-order valence-electron chi connectivity index (χ0n) is 10.3. The maximum atomic E-state index is 11.9. The van der Waals surface area contributed by atoms with E-state index in [1.807, 2.05) is 30.3 Å². The molecular weight excluding hydrogens is 214 g/mol. The van der Waals surface area contributed by atoms with E-state index in [2.05, 4.69) is 19.2 Å². The Morgan fingerprint density at radius 1 is 1.47 bits per heavy atom. The van der Waals surface area contributed by atoms with E-state index in [-0.39, 0.29) is 29.9 Å². The number of hydrogen-bond acceptors (Lipinski definition) is 2. The Morgan fingerprint density at radius 2 is 2.06 bits per heavy atom. The third-order valence-corrected chi connectivity index (χ3v) is 3.53. The van der Waals surface area contributed by atoms with Crippen molar-refractivity contribution in [1.29, 1.82) is 0 Å². The fourth-order valence-corrected chi connectivity index (χ4v) is 2.11. The molecule has 0 spiro atoms. The minimum atomic E-state index is -0.292. The number of hydrogen-bond donors (Lipinski definition) is 2. The molecule has 1 aliphatic carbocycles. The number of aliphatic hydroxyl groups excluding tert-OH is 1. The molecule has 1 aliphatic rings. The van der Waals surface area contributed by atoms with Crippen LogP contribution in [0.4, 0.5) is 0 Å². The van der Waals surface area contributed by atoms with Gasteiger partial charge in [-0.3, -0.25) is 4.79 Å². The van der Waals surface area contributed by atoms with Gasteiger partial charge in [0.15, 0.2) is 0 Å². The van der Waals surface area contributed by atoms with Crippen LogP contribution >= 0.6 is 0 Å². The largest absolute Gasteiger partial charge is 0.394 e. The highest BCUT2D eigenvalue weighted by Gasteiger charge is 2.50. The number of amides is 1. The molecular formula is C14H19NO2. The van der Waals surface area contributed by atoms with Gasteiger partial charge in [-0.15, -0.1) is 0 Å². The van der Waals surface area contributed by atoms with E-state index in [1.165, 1.54) is 0 Å². The molecule has 0 aliphatic heterocycles. The van der Waals surface area contributed by atoms with Crippen molar-refractivity contribution in [1.82, 2.24) is 5.32 Å². The molecule has 0 saturated heterocycles. The van der Waals surface area contributed by atoms with Crippen LogP contribution in [0.1, 0.15) is 31.9 Å². The number of nitrogens with one attached hydrogen (secondary N) is 1. The van der Waals surface area contributed by atoms with E-state index >= 15 is 0 Å². The molecule has 0 bridgehead atoms. The number of carbonyl (C=O) groups is 1. The van der Waals surface area contributed by atoms with Gasteiger partial charge in [0.1, 0.15) is 0 Å². The van der Waals surface area contributed by atoms with E-state index in [0.29, 0.717) is 0 Å². The fraction of sp³-hybridized carbons (Fsp3) is 0.500. The first-order valence-electron chi connectivity index (χ1n) is 6.01. The molecule has 0 heterocycles. The molecule has 2 atom stereocenters. The van der Waals surface area contributed by atoms with Gasteiger partial charge < -0.3 is 10.4 Å². The lowest BCUT2D eigenvalue weighted by Gasteiger charge is -2.17. The molecule has 0 radical (unpaired) electrons. The van der Waals surface area contributed by atoms with Crippen LogP contribution in [0, 0.1) is 11.3 Å². The number of carbonyl (C=O) groups excluding carboxylic acids is 1. The van der Waals surface area contributed by atoms with Crippen molar-refractivity contribution in [3.05, 3.63) is 35.9 Å². The van der Waals surface area contributed by atoms with Crippen LogP contribution < -0.4 is 5.32 Å². The van der Waals surface area contributed by atoms with Gasteiger partial charge in [-0.1, -0.05) is 44.2 Å².